The van der Waals surface area contributed by atoms with Crippen molar-refractivity contribution in [3.63, 3.8) is 0 Å². The summed E-state index contributed by atoms with van der Waals surface area (Å²) in [6.45, 7) is 16.5. The standard InChI is InChI=1S/2C13H15.C6H5.CH3.2ClH.Si.Zr/c2*1-9(2)13-10(3)8-11-6-4-5-7-12(11)13;1-2-4-6-5-3-1;;;;;/h2*4-9H,1-3H3;1-5H;1H3;2*1H;;/q4*-1;;;;. The van der Waals surface area contributed by atoms with Gasteiger partial charge in [-0.1, -0.05) is 65.5 Å². The molecular formula is C33H40Cl2SiZr-4. The van der Waals surface area contributed by atoms with E-state index >= 15 is 0 Å². The summed E-state index contributed by atoms with van der Waals surface area (Å²) < 4.78 is 0. The second-order valence-electron chi connectivity index (χ2n) is 9.04. The normalized spacial score (nSPS) is 9.38. The number of hydrogen-bond acceptors (Lipinski definition) is 0. The molecule has 0 heterocycles. The van der Waals surface area contributed by atoms with Crippen LogP contribution in [0.2, 0.25) is 0 Å². The summed E-state index contributed by atoms with van der Waals surface area (Å²) in [7, 11) is 0. The maximum atomic E-state index is 3.06. The molecule has 0 fully saturated rings. The molecule has 5 rings (SSSR count). The number of halogens is 2. The van der Waals surface area contributed by atoms with E-state index in [4.69, 9.17) is 0 Å². The van der Waals surface area contributed by atoms with Crippen molar-refractivity contribution in [2.75, 3.05) is 0 Å². The molecule has 0 bridgehead atoms. The molecule has 0 aliphatic rings. The first-order chi connectivity index (χ1) is 16.4. The summed E-state index contributed by atoms with van der Waals surface area (Å²) in [4.78, 5) is 0. The van der Waals surface area contributed by atoms with Gasteiger partial charge < -0.3 is 7.43 Å². The number of aryl methyl sites for hydroxylation is 2. The van der Waals surface area contributed by atoms with Gasteiger partial charge in [0.1, 0.15) is 0 Å². The molecule has 0 amide bonds. The third kappa shape index (κ3) is 10.7. The Morgan fingerprint density at radius 1 is 0.622 bits per heavy atom. The Morgan fingerprint density at radius 2 is 0.973 bits per heavy atom. The summed E-state index contributed by atoms with van der Waals surface area (Å²) in [6, 6.07) is 34.3. The van der Waals surface area contributed by atoms with Crippen LogP contribution in [0.1, 0.15) is 61.8 Å². The third-order valence-electron chi connectivity index (χ3n) is 5.86. The summed E-state index contributed by atoms with van der Waals surface area (Å²) >= 11 is 1.36. The molecule has 5 aromatic carbocycles. The molecule has 0 nitrogen and oxygen atoms in total. The van der Waals surface area contributed by atoms with Crippen LogP contribution in [-0.2, 0) is 23.3 Å². The van der Waals surface area contributed by atoms with Gasteiger partial charge in [0.25, 0.3) is 0 Å². The molecule has 0 unspecified atom stereocenters. The maximum Gasteiger partial charge on any atom is -0.171 e. The van der Waals surface area contributed by atoms with Gasteiger partial charge in [-0.05, 0) is 0 Å². The minimum atomic E-state index is 0. The number of fused-ring (bicyclic) bond motifs is 2. The molecule has 37 heavy (non-hydrogen) atoms. The Morgan fingerprint density at radius 3 is 1.24 bits per heavy atom. The van der Waals surface area contributed by atoms with E-state index in [1.54, 1.807) is 0 Å². The molecule has 0 aromatic heterocycles. The largest absolute Gasteiger partial charge is 0.184 e. The van der Waals surface area contributed by atoms with Crippen LogP contribution < -0.4 is 0 Å². The van der Waals surface area contributed by atoms with Crippen LogP contribution in [0, 0.1) is 27.3 Å². The van der Waals surface area contributed by atoms with E-state index in [0.29, 0.717) is 11.8 Å². The second-order valence-corrected chi connectivity index (χ2v) is 9.04. The van der Waals surface area contributed by atoms with Gasteiger partial charge in [0.2, 0.25) is 0 Å². The fraction of sp³-hybridized carbons (Fsp3) is 0.242. The molecule has 0 aliphatic heterocycles. The van der Waals surface area contributed by atoms with Crippen molar-refractivity contribution in [1.82, 2.24) is 0 Å². The van der Waals surface area contributed by atoms with Crippen molar-refractivity contribution < 1.29 is 23.3 Å². The summed E-state index contributed by atoms with van der Waals surface area (Å²) in [5, 5.41) is 5.61. The van der Waals surface area contributed by atoms with E-state index < -0.39 is 0 Å². The third-order valence-corrected chi connectivity index (χ3v) is 5.86. The molecule has 0 atom stereocenters. The SMILES string of the molecule is Cc1[cH-]c2ccccc2c1C(C)C.Cc1[cH-]c2ccccc2c1C(C)C.Cl.Cl.[CH3-].[Si]=[Zr].[c-]1ccccc1. The zero-order valence-corrected chi connectivity index (χ0v) is 28.2. The fourth-order valence-electron chi connectivity index (χ4n) is 4.66. The van der Waals surface area contributed by atoms with Crippen LogP contribution in [0.25, 0.3) is 21.5 Å². The molecular weight excluding hydrogens is 587 g/mol. The molecule has 0 saturated heterocycles. The van der Waals surface area contributed by atoms with Gasteiger partial charge in [-0.3, -0.25) is 0 Å². The van der Waals surface area contributed by atoms with Gasteiger partial charge in [0.05, 0.1) is 0 Å². The number of benzene rings is 3. The smallest absolute Gasteiger partial charge is 0.171 e. The van der Waals surface area contributed by atoms with E-state index in [0.717, 1.165) is 0 Å². The molecule has 0 saturated carbocycles. The monoisotopic (exact) mass is 624 g/mol. The molecule has 0 aliphatic carbocycles. The fourth-order valence-corrected chi connectivity index (χ4v) is 4.66. The van der Waals surface area contributed by atoms with Gasteiger partial charge in [0.15, 0.2) is 0 Å². The van der Waals surface area contributed by atoms with E-state index in [9.17, 15) is 0 Å². The summed E-state index contributed by atoms with van der Waals surface area (Å²) in [6.07, 6.45) is 0. The second kappa shape index (κ2) is 19.6. The molecule has 198 valence electrons. The average molecular weight is 627 g/mol. The first-order valence-electron chi connectivity index (χ1n) is 11.9. The van der Waals surface area contributed by atoms with Crippen LogP contribution in [0.4, 0.5) is 0 Å². The quantitative estimate of drug-likeness (QED) is 0.135. The number of hydrogen-bond donors (Lipinski definition) is 0. The van der Waals surface area contributed by atoms with Crippen molar-refractivity contribution in [2.24, 2.45) is 0 Å². The van der Waals surface area contributed by atoms with Crippen LogP contribution in [0.3, 0.4) is 0 Å². The van der Waals surface area contributed by atoms with E-state index in [2.05, 4.69) is 115 Å². The van der Waals surface area contributed by atoms with E-state index in [1.807, 2.05) is 30.3 Å². The maximum absolute atomic E-state index is 3.06. The van der Waals surface area contributed by atoms with Gasteiger partial charge in [-0.15, -0.1) is 117 Å². The minimum absolute atomic E-state index is 0. The molecule has 2 radical (unpaired) electrons. The van der Waals surface area contributed by atoms with Gasteiger partial charge >= 0.3 is 30.2 Å². The van der Waals surface area contributed by atoms with Crippen molar-refractivity contribution in [2.45, 2.75) is 53.4 Å². The van der Waals surface area contributed by atoms with Crippen LogP contribution >= 0.6 is 24.8 Å². The van der Waals surface area contributed by atoms with Gasteiger partial charge in [-0.25, -0.2) is 0 Å². The topological polar surface area (TPSA) is 0 Å². The zero-order valence-electron chi connectivity index (χ0n) is 23.1. The Labute approximate surface area is 255 Å². The molecule has 4 heteroatoms. The van der Waals surface area contributed by atoms with Gasteiger partial charge in [-0.2, -0.15) is 36.4 Å². The van der Waals surface area contributed by atoms with Crippen LogP contribution in [0.15, 0.2) is 91.0 Å². The minimum Gasteiger partial charge on any atom is -0.184 e. The Hall–Kier alpha value is -1.44. The predicted molar refractivity (Wildman–Crippen MR) is 169 cm³/mol. The van der Waals surface area contributed by atoms with Crippen molar-refractivity contribution >= 4 is 53.2 Å². The van der Waals surface area contributed by atoms with Crippen LogP contribution in [-0.4, -0.2) is 6.88 Å². The summed E-state index contributed by atoms with van der Waals surface area (Å²) in [5.41, 5.74) is 5.87. The summed E-state index contributed by atoms with van der Waals surface area (Å²) in [5.74, 6) is 1.25. The average Bonchev–Trinajstić information content (AvgIpc) is 3.37. The van der Waals surface area contributed by atoms with Crippen molar-refractivity contribution in [1.29, 1.82) is 0 Å². The van der Waals surface area contributed by atoms with E-state index in [-0.39, 0.29) is 32.2 Å². The number of rotatable bonds is 2. The predicted octanol–water partition coefficient (Wildman–Crippen LogP) is 10.4. The molecule has 5 aromatic rings. The Bertz CT molecular complexity index is 1160. The Balaban J connectivity index is 0. The van der Waals surface area contributed by atoms with Crippen LogP contribution in [0.5, 0.6) is 0 Å². The Kier molecular flexibility index (Phi) is 20.0. The first-order valence-corrected chi connectivity index (χ1v) is 16.0. The zero-order chi connectivity index (χ0) is 25.1. The molecule has 0 N–H and O–H groups in total. The van der Waals surface area contributed by atoms with Crippen molar-refractivity contribution in [3.05, 3.63) is 127 Å². The van der Waals surface area contributed by atoms with Crippen molar-refractivity contribution in [3.8, 4) is 0 Å². The first kappa shape index (κ1) is 37.7. The van der Waals surface area contributed by atoms with E-state index in [1.165, 1.54) is 67.1 Å². The molecule has 0 spiro atoms. The van der Waals surface area contributed by atoms with Gasteiger partial charge in [0, 0.05) is 0 Å².